The molecule has 0 saturated carbocycles. The van der Waals surface area contributed by atoms with Crippen LogP contribution < -0.4 is 15.5 Å². The number of aryl methyl sites for hydroxylation is 1. The predicted octanol–water partition coefficient (Wildman–Crippen LogP) is -0.555. The molecule has 2 aliphatic rings. The SMILES string of the molecule is Cn1cc(N2CCC(NC(=O)CN3C(=O)NC(=O)C3(C)C)C2)cn1. The van der Waals surface area contributed by atoms with E-state index in [0.29, 0.717) is 6.54 Å². The minimum Gasteiger partial charge on any atom is -0.367 e. The molecule has 2 saturated heterocycles. The maximum atomic E-state index is 12.3. The number of urea groups is 1. The molecule has 0 spiro atoms. The molecule has 9 heteroatoms. The second-order valence-electron chi connectivity index (χ2n) is 6.78. The van der Waals surface area contributed by atoms with Crippen molar-refractivity contribution < 1.29 is 14.4 Å². The van der Waals surface area contributed by atoms with Crippen molar-refractivity contribution in [2.24, 2.45) is 7.05 Å². The molecular weight excluding hydrogens is 312 g/mol. The van der Waals surface area contributed by atoms with Gasteiger partial charge in [0.25, 0.3) is 5.91 Å². The van der Waals surface area contributed by atoms with E-state index < -0.39 is 11.6 Å². The van der Waals surface area contributed by atoms with Gasteiger partial charge in [0.2, 0.25) is 5.91 Å². The van der Waals surface area contributed by atoms with E-state index in [-0.39, 0.29) is 24.4 Å². The zero-order valence-electron chi connectivity index (χ0n) is 14.1. The molecular formula is C15H22N6O3. The summed E-state index contributed by atoms with van der Waals surface area (Å²) >= 11 is 0. The van der Waals surface area contributed by atoms with Crippen LogP contribution in [0.4, 0.5) is 10.5 Å². The van der Waals surface area contributed by atoms with Crippen LogP contribution in [0.5, 0.6) is 0 Å². The van der Waals surface area contributed by atoms with E-state index in [9.17, 15) is 14.4 Å². The number of imide groups is 1. The summed E-state index contributed by atoms with van der Waals surface area (Å²) in [5, 5.41) is 9.33. The van der Waals surface area contributed by atoms with Crippen molar-refractivity contribution in [3.8, 4) is 0 Å². The normalized spacial score (nSPS) is 22.9. The molecule has 1 aromatic heterocycles. The van der Waals surface area contributed by atoms with Gasteiger partial charge in [-0.2, -0.15) is 5.10 Å². The summed E-state index contributed by atoms with van der Waals surface area (Å²) in [6.45, 7) is 4.66. The van der Waals surface area contributed by atoms with Gasteiger partial charge in [0, 0.05) is 32.4 Å². The predicted molar refractivity (Wildman–Crippen MR) is 86.3 cm³/mol. The van der Waals surface area contributed by atoms with E-state index in [1.165, 1.54) is 4.90 Å². The quantitative estimate of drug-likeness (QED) is 0.720. The molecule has 3 heterocycles. The van der Waals surface area contributed by atoms with Gasteiger partial charge in [-0.1, -0.05) is 0 Å². The highest BCUT2D eigenvalue weighted by Crippen LogP contribution is 2.21. The van der Waals surface area contributed by atoms with Gasteiger partial charge in [-0.05, 0) is 20.3 Å². The van der Waals surface area contributed by atoms with Gasteiger partial charge in [0.1, 0.15) is 12.1 Å². The fraction of sp³-hybridized carbons (Fsp3) is 0.600. The first kappa shape index (κ1) is 16.3. The molecule has 2 N–H and O–H groups in total. The van der Waals surface area contributed by atoms with Gasteiger partial charge in [0.05, 0.1) is 11.9 Å². The average molecular weight is 334 g/mol. The number of rotatable bonds is 4. The van der Waals surface area contributed by atoms with E-state index in [2.05, 4.69) is 20.6 Å². The van der Waals surface area contributed by atoms with Crippen molar-refractivity contribution in [1.82, 2.24) is 25.3 Å². The number of nitrogens with zero attached hydrogens (tertiary/aromatic N) is 4. The van der Waals surface area contributed by atoms with Gasteiger partial charge >= 0.3 is 6.03 Å². The van der Waals surface area contributed by atoms with Crippen molar-refractivity contribution in [2.75, 3.05) is 24.5 Å². The van der Waals surface area contributed by atoms with Gasteiger partial charge in [-0.25, -0.2) is 4.79 Å². The highest BCUT2D eigenvalue weighted by molar-refractivity contribution is 6.07. The molecule has 1 aromatic rings. The number of carbonyl (C=O) groups excluding carboxylic acids is 3. The van der Waals surface area contributed by atoms with E-state index in [4.69, 9.17) is 0 Å². The van der Waals surface area contributed by atoms with Crippen LogP contribution in [0.2, 0.25) is 0 Å². The maximum Gasteiger partial charge on any atom is 0.325 e. The van der Waals surface area contributed by atoms with Crippen LogP contribution in [-0.2, 0) is 16.6 Å². The molecule has 1 unspecified atom stereocenters. The number of amides is 4. The molecule has 4 amide bonds. The Morgan fingerprint density at radius 1 is 1.46 bits per heavy atom. The summed E-state index contributed by atoms with van der Waals surface area (Å²) in [5.74, 6) is -0.644. The zero-order chi connectivity index (χ0) is 17.5. The Bertz CT molecular complexity index is 683. The first-order valence-electron chi connectivity index (χ1n) is 7.93. The third kappa shape index (κ3) is 2.93. The Hall–Kier alpha value is -2.58. The summed E-state index contributed by atoms with van der Waals surface area (Å²) in [6, 6.07) is -0.509. The third-order valence-electron chi connectivity index (χ3n) is 4.61. The Balaban J connectivity index is 1.54. The van der Waals surface area contributed by atoms with Gasteiger partial charge in [-0.3, -0.25) is 19.6 Å². The minimum atomic E-state index is -1.01. The average Bonchev–Trinajstić information content (AvgIpc) is 3.16. The molecule has 0 aromatic carbocycles. The second-order valence-corrected chi connectivity index (χ2v) is 6.78. The van der Waals surface area contributed by atoms with Crippen molar-refractivity contribution >= 4 is 23.5 Å². The van der Waals surface area contributed by atoms with Crippen LogP contribution in [0.15, 0.2) is 12.4 Å². The number of carbonyl (C=O) groups is 3. The number of hydrogen-bond donors (Lipinski definition) is 2. The highest BCUT2D eigenvalue weighted by atomic mass is 16.2. The van der Waals surface area contributed by atoms with Crippen LogP contribution in [0.1, 0.15) is 20.3 Å². The second kappa shape index (κ2) is 5.81. The molecule has 0 aliphatic carbocycles. The highest BCUT2D eigenvalue weighted by Gasteiger charge is 2.46. The van der Waals surface area contributed by atoms with Crippen molar-refractivity contribution in [3.63, 3.8) is 0 Å². The summed E-state index contributed by atoms with van der Waals surface area (Å²) in [7, 11) is 1.86. The van der Waals surface area contributed by atoms with Gasteiger partial charge in [0.15, 0.2) is 0 Å². The van der Waals surface area contributed by atoms with E-state index >= 15 is 0 Å². The largest absolute Gasteiger partial charge is 0.367 e. The molecule has 24 heavy (non-hydrogen) atoms. The Morgan fingerprint density at radius 3 is 2.79 bits per heavy atom. The van der Waals surface area contributed by atoms with Gasteiger partial charge in [-0.15, -0.1) is 0 Å². The summed E-state index contributed by atoms with van der Waals surface area (Å²) in [5.41, 5.74) is 0.0196. The Labute approximate surface area is 140 Å². The lowest BCUT2D eigenvalue weighted by molar-refractivity contribution is -0.127. The third-order valence-corrected chi connectivity index (χ3v) is 4.61. The monoisotopic (exact) mass is 334 g/mol. The van der Waals surface area contributed by atoms with Crippen LogP contribution in [0, 0.1) is 0 Å². The maximum absolute atomic E-state index is 12.3. The lowest BCUT2D eigenvalue weighted by Crippen LogP contribution is -2.50. The van der Waals surface area contributed by atoms with Crippen LogP contribution >= 0.6 is 0 Å². The molecule has 0 radical (unpaired) electrons. The molecule has 2 aliphatic heterocycles. The van der Waals surface area contributed by atoms with Gasteiger partial charge < -0.3 is 15.1 Å². The number of hydrogen-bond acceptors (Lipinski definition) is 5. The topological polar surface area (TPSA) is 99.6 Å². The Morgan fingerprint density at radius 2 is 2.21 bits per heavy atom. The lowest BCUT2D eigenvalue weighted by Gasteiger charge is -2.27. The number of nitrogens with one attached hydrogen (secondary N) is 2. The zero-order valence-corrected chi connectivity index (χ0v) is 14.1. The smallest absolute Gasteiger partial charge is 0.325 e. The van der Waals surface area contributed by atoms with E-state index in [1.54, 1.807) is 24.7 Å². The summed E-state index contributed by atoms with van der Waals surface area (Å²) in [4.78, 5) is 39.2. The molecule has 1 atom stereocenters. The summed E-state index contributed by atoms with van der Waals surface area (Å²) in [6.07, 6.45) is 4.56. The van der Waals surface area contributed by atoms with E-state index in [0.717, 1.165) is 18.7 Å². The lowest BCUT2D eigenvalue weighted by atomic mass is 10.0. The fourth-order valence-corrected chi connectivity index (χ4v) is 3.06. The Kier molecular flexibility index (Phi) is 3.94. The molecule has 130 valence electrons. The van der Waals surface area contributed by atoms with E-state index in [1.807, 2.05) is 13.2 Å². The fourth-order valence-electron chi connectivity index (χ4n) is 3.06. The number of anilines is 1. The molecule has 9 nitrogen and oxygen atoms in total. The van der Waals surface area contributed by atoms with Crippen molar-refractivity contribution in [1.29, 1.82) is 0 Å². The standard InChI is InChI=1S/C15H22N6O3/c1-15(2)13(23)18-14(24)21(15)9-12(22)17-10-4-5-20(7-10)11-6-16-19(3)8-11/h6,8,10H,4-5,7,9H2,1-3H3,(H,17,22)(H,18,23,24). The molecule has 2 fully saturated rings. The molecule has 0 bridgehead atoms. The first-order chi connectivity index (χ1) is 11.3. The first-order valence-corrected chi connectivity index (χ1v) is 7.93. The van der Waals surface area contributed by atoms with Crippen LogP contribution in [0.3, 0.4) is 0 Å². The molecule has 3 rings (SSSR count). The summed E-state index contributed by atoms with van der Waals surface area (Å²) < 4.78 is 1.74. The number of aromatic nitrogens is 2. The minimum absolute atomic E-state index is 0.0159. The van der Waals surface area contributed by atoms with Crippen molar-refractivity contribution in [2.45, 2.75) is 31.8 Å². The van der Waals surface area contributed by atoms with Crippen LogP contribution in [0.25, 0.3) is 0 Å². The van der Waals surface area contributed by atoms with Crippen molar-refractivity contribution in [3.05, 3.63) is 12.4 Å². The van der Waals surface area contributed by atoms with Crippen LogP contribution in [-0.4, -0.2) is 63.7 Å².